The van der Waals surface area contributed by atoms with Crippen LogP contribution in [0.25, 0.3) is 0 Å². The smallest absolute Gasteiger partial charge is 0.232 e. The van der Waals surface area contributed by atoms with Gasteiger partial charge >= 0.3 is 0 Å². The predicted molar refractivity (Wildman–Crippen MR) is 81.9 cm³/mol. The topological polar surface area (TPSA) is 40.6 Å². The Kier molecular flexibility index (Phi) is 3.95. The second kappa shape index (κ2) is 5.88. The summed E-state index contributed by atoms with van der Waals surface area (Å²) in [7, 11) is 1.79. The summed E-state index contributed by atoms with van der Waals surface area (Å²) in [5.41, 5.74) is 0.884. The molecule has 1 aromatic carbocycles. The first-order chi connectivity index (χ1) is 10.2. The van der Waals surface area contributed by atoms with Crippen LogP contribution in [0.5, 0.6) is 0 Å². The number of benzene rings is 1. The molecule has 2 fully saturated rings. The van der Waals surface area contributed by atoms with Gasteiger partial charge in [-0.3, -0.25) is 9.59 Å². The van der Waals surface area contributed by atoms with Gasteiger partial charge in [-0.15, -0.1) is 0 Å². The van der Waals surface area contributed by atoms with Crippen LogP contribution in [0.2, 0.25) is 0 Å². The highest BCUT2D eigenvalue weighted by molar-refractivity contribution is 5.98. The van der Waals surface area contributed by atoms with Gasteiger partial charge in [0.1, 0.15) is 0 Å². The van der Waals surface area contributed by atoms with E-state index in [0.717, 1.165) is 18.5 Å². The Morgan fingerprint density at radius 3 is 2.52 bits per heavy atom. The molecule has 1 saturated carbocycles. The molecule has 0 unspecified atom stereocenters. The Bertz CT molecular complexity index is 523. The van der Waals surface area contributed by atoms with E-state index >= 15 is 0 Å². The molecule has 0 radical (unpaired) electrons. The third-order valence-corrected chi connectivity index (χ3v) is 4.75. The molecule has 0 aromatic heterocycles. The highest BCUT2D eigenvalue weighted by Gasteiger charge is 2.39. The van der Waals surface area contributed by atoms with E-state index in [9.17, 15) is 9.59 Å². The number of anilines is 1. The van der Waals surface area contributed by atoms with E-state index < -0.39 is 0 Å². The fourth-order valence-electron chi connectivity index (χ4n) is 3.52. The number of rotatable bonds is 3. The summed E-state index contributed by atoms with van der Waals surface area (Å²) in [6, 6.07) is 9.99. The van der Waals surface area contributed by atoms with Crippen LogP contribution in [0, 0.1) is 5.92 Å². The van der Waals surface area contributed by atoms with Crippen LogP contribution in [0.1, 0.15) is 32.1 Å². The highest BCUT2D eigenvalue weighted by atomic mass is 16.2. The average Bonchev–Trinajstić information content (AvgIpc) is 3.15. The van der Waals surface area contributed by atoms with Gasteiger partial charge in [0.15, 0.2) is 0 Å². The Hall–Kier alpha value is -1.84. The van der Waals surface area contributed by atoms with Gasteiger partial charge in [0.05, 0.1) is 5.92 Å². The third kappa shape index (κ3) is 2.80. The molecular formula is C17H22N2O2. The van der Waals surface area contributed by atoms with Crippen molar-refractivity contribution in [3.63, 3.8) is 0 Å². The molecule has 2 amide bonds. The summed E-state index contributed by atoms with van der Waals surface area (Å²) in [6.07, 6.45) is 4.98. The minimum atomic E-state index is -0.191. The van der Waals surface area contributed by atoms with Crippen molar-refractivity contribution >= 4 is 17.5 Å². The average molecular weight is 286 g/mol. The van der Waals surface area contributed by atoms with Crippen molar-refractivity contribution in [2.24, 2.45) is 5.92 Å². The summed E-state index contributed by atoms with van der Waals surface area (Å²) < 4.78 is 0. The molecule has 1 saturated heterocycles. The van der Waals surface area contributed by atoms with Crippen molar-refractivity contribution in [3.05, 3.63) is 30.3 Å². The molecule has 0 N–H and O–H groups in total. The molecule has 2 aliphatic rings. The molecule has 1 aliphatic heterocycles. The first-order valence-corrected chi connectivity index (χ1v) is 7.79. The van der Waals surface area contributed by atoms with Gasteiger partial charge in [-0.2, -0.15) is 0 Å². The fraction of sp³-hybridized carbons (Fsp3) is 0.529. The van der Waals surface area contributed by atoms with E-state index in [1.54, 1.807) is 11.9 Å². The first kappa shape index (κ1) is 14.1. The number of likely N-dealkylation sites (tertiary alicyclic amines) is 1. The Labute approximate surface area is 125 Å². The summed E-state index contributed by atoms with van der Waals surface area (Å²) in [5, 5.41) is 0. The van der Waals surface area contributed by atoms with Crippen LogP contribution in [-0.2, 0) is 9.59 Å². The Morgan fingerprint density at radius 1 is 1.19 bits per heavy atom. The van der Waals surface area contributed by atoms with E-state index in [1.807, 2.05) is 35.2 Å². The maximum Gasteiger partial charge on any atom is 0.232 e. The van der Waals surface area contributed by atoms with Gasteiger partial charge in [-0.1, -0.05) is 31.0 Å². The van der Waals surface area contributed by atoms with Gasteiger partial charge in [0, 0.05) is 31.7 Å². The van der Waals surface area contributed by atoms with E-state index in [2.05, 4.69) is 0 Å². The van der Waals surface area contributed by atoms with Crippen LogP contribution < -0.4 is 4.90 Å². The molecule has 1 atom stereocenters. The zero-order valence-corrected chi connectivity index (χ0v) is 12.5. The van der Waals surface area contributed by atoms with Gasteiger partial charge in [0.25, 0.3) is 0 Å². The highest BCUT2D eigenvalue weighted by Crippen LogP contribution is 2.30. The largest absolute Gasteiger partial charge is 0.339 e. The quantitative estimate of drug-likeness (QED) is 0.856. The standard InChI is InChI=1S/C17H22N2O2/c1-18(14-7-3-2-4-8-14)17(21)13-11-16(20)19(12-13)15-9-5-6-10-15/h2-4,7-8,13,15H,5-6,9-12H2,1H3/t13-/m1/s1. The zero-order chi connectivity index (χ0) is 14.8. The lowest BCUT2D eigenvalue weighted by Gasteiger charge is -2.25. The molecule has 1 aromatic rings. The lowest BCUT2D eigenvalue weighted by atomic mass is 10.1. The Morgan fingerprint density at radius 2 is 1.86 bits per heavy atom. The second-order valence-electron chi connectivity index (χ2n) is 6.12. The van der Waals surface area contributed by atoms with Crippen molar-refractivity contribution in [1.29, 1.82) is 0 Å². The maximum absolute atomic E-state index is 12.6. The van der Waals surface area contributed by atoms with Crippen molar-refractivity contribution in [2.45, 2.75) is 38.1 Å². The summed E-state index contributed by atoms with van der Waals surface area (Å²) in [6.45, 7) is 0.597. The number of hydrogen-bond donors (Lipinski definition) is 0. The van der Waals surface area contributed by atoms with Gasteiger partial charge < -0.3 is 9.80 Å². The van der Waals surface area contributed by atoms with Gasteiger partial charge in [0.2, 0.25) is 11.8 Å². The predicted octanol–water partition coefficient (Wildman–Crippen LogP) is 2.44. The monoisotopic (exact) mass is 286 g/mol. The molecule has 0 spiro atoms. The molecule has 3 rings (SSSR count). The maximum atomic E-state index is 12.6. The van der Waals surface area contributed by atoms with Crippen LogP contribution in [0.15, 0.2) is 30.3 Å². The third-order valence-electron chi connectivity index (χ3n) is 4.75. The number of carbonyl (C=O) groups is 2. The van der Waals surface area contributed by atoms with Gasteiger partial charge in [-0.25, -0.2) is 0 Å². The van der Waals surface area contributed by atoms with Crippen LogP contribution >= 0.6 is 0 Å². The van der Waals surface area contributed by atoms with Crippen LogP contribution in [0.4, 0.5) is 5.69 Å². The molecule has 0 bridgehead atoms. The van der Waals surface area contributed by atoms with Gasteiger partial charge in [-0.05, 0) is 25.0 Å². The normalized spacial score (nSPS) is 22.8. The SMILES string of the molecule is CN(C(=O)[C@@H]1CC(=O)N(C2CCCC2)C1)c1ccccc1. The summed E-state index contributed by atoms with van der Waals surface area (Å²) in [4.78, 5) is 28.4. The molecule has 4 heteroatoms. The summed E-state index contributed by atoms with van der Waals surface area (Å²) in [5.74, 6) is 0.0139. The molecule has 1 heterocycles. The van der Waals surface area contributed by atoms with Crippen LogP contribution in [-0.4, -0.2) is 36.3 Å². The summed E-state index contributed by atoms with van der Waals surface area (Å²) >= 11 is 0. The van der Waals surface area contributed by atoms with Crippen molar-refractivity contribution < 1.29 is 9.59 Å². The van der Waals surface area contributed by atoms with E-state index in [0.29, 0.717) is 19.0 Å². The number of nitrogens with zero attached hydrogens (tertiary/aromatic N) is 2. The lowest BCUT2D eigenvalue weighted by molar-refractivity contribution is -0.130. The van der Waals surface area contributed by atoms with E-state index in [1.165, 1.54) is 12.8 Å². The van der Waals surface area contributed by atoms with Crippen molar-refractivity contribution in [2.75, 3.05) is 18.5 Å². The zero-order valence-electron chi connectivity index (χ0n) is 12.5. The Balaban J connectivity index is 1.67. The number of amides is 2. The number of hydrogen-bond acceptors (Lipinski definition) is 2. The van der Waals surface area contributed by atoms with E-state index in [-0.39, 0.29) is 17.7 Å². The first-order valence-electron chi connectivity index (χ1n) is 7.79. The van der Waals surface area contributed by atoms with E-state index in [4.69, 9.17) is 0 Å². The van der Waals surface area contributed by atoms with Crippen molar-refractivity contribution in [3.8, 4) is 0 Å². The lowest BCUT2D eigenvalue weighted by Crippen LogP contribution is -2.37. The number of carbonyl (C=O) groups excluding carboxylic acids is 2. The molecule has 112 valence electrons. The van der Waals surface area contributed by atoms with Crippen molar-refractivity contribution in [1.82, 2.24) is 4.90 Å². The fourth-order valence-corrected chi connectivity index (χ4v) is 3.52. The minimum Gasteiger partial charge on any atom is -0.339 e. The molecule has 21 heavy (non-hydrogen) atoms. The number of para-hydroxylation sites is 1. The minimum absolute atomic E-state index is 0.0510. The molecule has 1 aliphatic carbocycles. The van der Waals surface area contributed by atoms with Crippen LogP contribution in [0.3, 0.4) is 0 Å². The second-order valence-corrected chi connectivity index (χ2v) is 6.12. The molecular weight excluding hydrogens is 264 g/mol. The molecule has 4 nitrogen and oxygen atoms in total.